The second-order valence-corrected chi connectivity index (χ2v) is 10.1. The van der Waals surface area contributed by atoms with E-state index in [2.05, 4.69) is 4.98 Å². The maximum atomic E-state index is 15.7. The van der Waals surface area contributed by atoms with Crippen molar-refractivity contribution in [2.45, 2.75) is 51.4 Å². The van der Waals surface area contributed by atoms with Crippen molar-refractivity contribution in [2.75, 3.05) is 26.7 Å². The number of benzene rings is 2. The molecule has 0 saturated carbocycles. The van der Waals surface area contributed by atoms with E-state index >= 15 is 4.39 Å². The van der Waals surface area contributed by atoms with Crippen LogP contribution in [0.3, 0.4) is 0 Å². The van der Waals surface area contributed by atoms with Gasteiger partial charge in [-0.05, 0) is 76.4 Å². The van der Waals surface area contributed by atoms with Crippen molar-refractivity contribution >= 4 is 16.9 Å². The molecule has 0 spiro atoms. The molecule has 2 heterocycles. The van der Waals surface area contributed by atoms with Crippen molar-refractivity contribution in [3.63, 3.8) is 0 Å². The number of halogens is 5. The molecule has 4 rings (SSSR count). The van der Waals surface area contributed by atoms with Gasteiger partial charge < -0.3 is 14.7 Å². The lowest BCUT2D eigenvalue weighted by Crippen LogP contribution is -2.44. The van der Waals surface area contributed by atoms with Gasteiger partial charge in [-0.3, -0.25) is 9.78 Å². The number of fused-ring (bicyclic) bond motifs is 1. The number of rotatable bonds is 11. The lowest BCUT2D eigenvalue weighted by Gasteiger charge is -2.39. The Balaban J connectivity index is 1.39. The van der Waals surface area contributed by atoms with E-state index in [9.17, 15) is 27.5 Å². The van der Waals surface area contributed by atoms with E-state index in [0.29, 0.717) is 54.8 Å². The molecule has 39 heavy (non-hydrogen) atoms. The molecule has 1 N–H and O–H groups in total. The molecule has 0 radical (unpaired) electrons. The third-order valence-electron chi connectivity index (χ3n) is 7.81. The first-order chi connectivity index (χ1) is 18.7. The minimum absolute atomic E-state index is 0.0723. The van der Waals surface area contributed by atoms with Crippen molar-refractivity contribution in [1.82, 2.24) is 9.88 Å². The van der Waals surface area contributed by atoms with Crippen LogP contribution in [0, 0.1) is 22.9 Å². The number of aliphatic carboxylic acids is 1. The van der Waals surface area contributed by atoms with Gasteiger partial charge in [0.25, 0.3) is 0 Å². The Morgan fingerprint density at radius 3 is 2.46 bits per heavy atom. The van der Waals surface area contributed by atoms with Gasteiger partial charge in [-0.2, -0.15) is 0 Å². The van der Waals surface area contributed by atoms with Crippen LogP contribution in [-0.4, -0.2) is 47.7 Å². The Morgan fingerprint density at radius 2 is 1.85 bits per heavy atom. The van der Waals surface area contributed by atoms with Crippen molar-refractivity contribution in [3.8, 4) is 5.75 Å². The minimum atomic E-state index is -1.59. The van der Waals surface area contributed by atoms with Crippen LogP contribution < -0.4 is 4.74 Å². The highest BCUT2D eigenvalue weighted by Crippen LogP contribution is 2.41. The molecule has 1 atom stereocenters. The van der Waals surface area contributed by atoms with E-state index in [-0.39, 0.29) is 48.8 Å². The van der Waals surface area contributed by atoms with Crippen molar-refractivity contribution in [2.24, 2.45) is 5.41 Å². The first-order valence-electron chi connectivity index (χ1n) is 12.9. The maximum absolute atomic E-state index is 15.7. The largest absolute Gasteiger partial charge is 0.497 e. The van der Waals surface area contributed by atoms with Gasteiger partial charge in [-0.25, -0.2) is 22.0 Å². The third kappa shape index (κ3) is 6.32. The Bertz CT molecular complexity index is 1300. The molecular weight excluding hydrogens is 519 g/mol. The second kappa shape index (κ2) is 12.3. The number of aromatic nitrogens is 1. The molecule has 0 amide bonds. The molecule has 210 valence electrons. The zero-order valence-electron chi connectivity index (χ0n) is 21.7. The number of alkyl halides is 2. The van der Waals surface area contributed by atoms with Crippen LogP contribution in [-0.2, 0) is 17.9 Å². The van der Waals surface area contributed by atoms with Crippen molar-refractivity contribution in [3.05, 3.63) is 70.7 Å². The predicted octanol–water partition coefficient (Wildman–Crippen LogP) is 6.72. The summed E-state index contributed by atoms with van der Waals surface area (Å²) in [5.74, 6) is -3.34. The summed E-state index contributed by atoms with van der Waals surface area (Å²) >= 11 is 0. The molecule has 1 aliphatic heterocycles. The normalized spacial score (nSPS) is 16.4. The van der Waals surface area contributed by atoms with E-state index in [4.69, 9.17) is 4.74 Å². The topological polar surface area (TPSA) is 62.7 Å². The summed E-state index contributed by atoms with van der Waals surface area (Å²) in [7, 11) is 1.47. The molecule has 1 aromatic heterocycles. The average Bonchev–Trinajstić information content (AvgIpc) is 2.92. The molecule has 1 fully saturated rings. The molecule has 10 heteroatoms. The van der Waals surface area contributed by atoms with E-state index < -0.39 is 41.7 Å². The van der Waals surface area contributed by atoms with Gasteiger partial charge in [0.1, 0.15) is 36.0 Å². The first kappa shape index (κ1) is 28.7. The van der Waals surface area contributed by atoms with E-state index in [1.165, 1.54) is 13.3 Å². The Kier molecular flexibility index (Phi) is 9.04. The lowest BCUT2D eigenvalue weighted by atomic mass is 9.74. The number of hydrogen-bond acceptors (Lipinski definition) is 4. The number of hydrogen-bond donors (Lipinski definition) is 1. The molecule has 0 bridgehead atoms. The molecule has 5 nitrogen and oxygen atoms in total. The van der Waals surface area contributed by atoms with Crippen LogP contribution in [0.2, 0.25) is 0 Å². The predicted molar refractivity (Wildman–Crippen MR) is 137 cm³/mol. The number of ether oxygens (including phenoxy) is 1. The van der Waals surface area contributed by atoms with Crippen LogP contribution in [0.4, 0.5) is 22.0 Å². The zero-order chi connectivity index (χ0) is 28.2. The number of carboxylic acids is 1. The summed E-state index contributed by atoms with van der Waals surface area (Å²) in [5.41, 5.74) is -0.522. The standard InChI is InChI=1S/C29H31F5N2O3/c1-39-20-4-5-26-22(15-20)27(18(16-30)17-35-26)23(32)6-7-29(28(37)38)8-11-36(12-9-29)10-2-3-21-24(33)13-19(31)14-25(21)34/h4-5,13-15,17,23H,2-3,6-12,16H2,1H3,(H,37,38)/t23-/m0/s1. The van der Waals surface area contributed by atoms with Gasteiger partial charge in [0.15, 0.2) is 0 Å². The number of likely N-dealkylation sites (tertiary alicyclic amines) is 1. The molecular formula is C29H31F5N2O3. The van der Waals surface area contributed by atoms with E-state index in [1.807, 2.05) is 4.90 Å². The third-order valence-corrected chi connectivity index (χ3v) is 7.81. The number of methoxy groups -OCH3 is 1. The highest BCUT2D eigenvalue weighted by Gasteiger charge is 2.41. The number of carbonyl (C=O) groups is 1. The highest BCUT2D eigenvalue weighted by molar-refractivity contribution is 5.85. The number of carboxylic acid groups (broad SMARTS) is 1. The quantitative estimate of drug-likeness (QED) is 0.269. The fourth-order valence-corrected chi connectivity index (χ4v) is 5.45. The average molecular weight is 551 g/mol. The zero-order valence-corrected chi connectivity index (χ0v) is 21.7. The SMILES string of the molecule is COc1ccc2ncc(CF)c([C@@H](F)CCC3(C(=O)O)CCN(CCCc4c(F)cc(F)cc4F)CC3)c2c1. The summed E-state index contributed by atoms with van der Waals surface area (Å²) < 4.78 is 75.6. The number of pyridine rings is 1. The van der Waals surface area contributed by atoms with Crippen LogP contribution in [0.5, 0.6) is 5.75 Å². The van der Waals surface area contributed by atoms with Crippen LogP contribution >= 0.6 is 0 Å². The smallest absolute Gasteiger partial charge is 0.309 e. The van der Waals surface area contributed by atoms with Crippen LogP contribution in [0.25, 0.3) is 10.9 Å². The second-order valence-electron chi connectivity index (χ2n) is 10.1. The van der Waals surface area contributed by atoms with Gasteiger partial charge in [-0.1, -0.05) is 0 Å². The molecule has 1 aliphatic rings. The summed E-state index contributed by atoms with van der Waals surface area (Å²) in [5, 5.41) is 10.5. The Hall–Kier alpha value is -3.27. The summed E-state index contributed by atoms with van der Waals surface area (Å²) in [6.07, 6.45) is 0.765. The van der Waals surface area contributed by atoms with Gasteiger partial charge in [0.05, 0.1) is 18.0 Å². The minimum Gasteiger partial charge on any atom is -0.497 e. The van der Waals surface area contributed by atoms with Crippen molar-refractivity contribution < 1.29 is 36.6 Å². The molecule has 0 unspecified atom stereocenters. The van der Waals surface area contributed by atoms with Gasteiger partial charge in [0, 0.05) is 40.4 Å². The summed E-state index contributed by atoms with van der Waals surface area (Å²) in [6.45, 7) is 0.453. The fourth-order valence-electron chi connectivity index (χ4n) is 5.45. The number of nitrogens with zero attached hydrogens (tertiary/aromatic N) is 2. The monoisotopic (exact) mass is 550 g/mol. The number of piperidine rings is 1. The van der Waals surface area contributed by atoms with Crippen molar-refractivity contribution in [1.29, 1.82) is 0 Å². The van der Waals surface area contributed by atoms with Gasteiger partial charge in [0.2, 0.25) is 0 Å². The fraction of sp³-hybridized carbons (Fsp3) is 0.448. The Labute approximate surface area is 223 Å². The van der Waals surface area contributed by atoms with Gasteiger partial charge in [-0.15, -0.1) is 0 Å². The molecule has 0 aliphatic carbocycles. The van der Waals surface area contributed by atoms with Crippen LogP contribution in [0.1, 0.15) is 55.0 Å². The van der Waals surface area contributed by atoms with Gasteiger partial charge >= 0.3 is 5.97 Å². The van der Waals surface area contributed by atoms with E-state index in [1.54, 1.807) is 18.2 Å². The summed E-state index contributed by atoms with van der Waals surface area (Å²) in [4.78, 5) is 18.5. The molecule has 2 aromatic carbocycles. The maximum Gasteiger partial charge on any atom is 0.309 e. The lowest BCUT2D eigenvalue weighted by molar-refractivity contribution is -0.153. The first-order valence-corrected chi connectivity index (χ1v) is 12.9. The molecule has 1 saturated heterocycles. The summed E-state index contributed by atoms with van der Waals surface area (Å²) in [6, 6.07) is 6.26. The Morgan fingerprint density at radius 1 is 1.15 bits per heavy atom. The molecule has 3 aromatic rings. The van der Waals surface area contributed by atoms with Crippen LogP contribution in [0.15, 0.2) is 36.5 Å². The highest BCUT2D eigenvalue weighted by atomic mass is 19.2. The van der Waals surface area contributed by atoms with E-state index in [0.717, 1.165) is 0 Å².